The SMILES string of the molecule is CC(C)NC(=O)Nc1ccc(Nc2ccccc2Cl)nn1. The summed E-state index contributed by atoms with van der Waals surface area (Å²) in [5, 5.41) is 16.9. The van der Waals surface area contributed by atoms with Crippen LogP contribution in [-0.4, -0.2) is 22.3 Å². The van der Waals surface area contributed by atoms with Crippen LogP contribution in [0.4, 0.5) is 22.1 Å². The lowest BCUT2D eigenvalue weighted by atomic mass is 10.3. The number of rotatable bonds is 4. The minimum Gasteiger partial charge on any atom is -0.338 e. The molecule has 0 fully saturated rings. The molecule has 1 aromatic heterocycles. The zero-order valence-electron chi connectivity index (χ0n) is 11.7. The van der Waals surface area contributed by atoms with Crippen LogP contribution in [0.3, 0.4) is 0 Å². The zero-order chi connectivity index (χ0) is 15.2. The fourth-order valence-corrected chi connectivity index (χ4v) is 1.76. The van der Waals surface area contributed by atoms with E-state index in [-0.39, 0.29) is 12.1 Å². The lowest BCUT2D eigenvalue weighted by Gasteiger charge is -2.10. The molecule has 0 aliphatic rings. The van der Waals surface area contributed by atoms with Gasteiger partial charge in [-0.2, -0.15) is 0 Å². The number of nitrogens with zero attached hydrogens (tertiary/aromatic N) is 2. The summed E-state index contributed by atoms with van der Waals surface area (Å²) in [5.74, 6) is 0.913. The fourth-order valence-electron chi connectivity index (χ4n) is 1.58. The predicted molar refractivity (Wildman–Crippen MR) is 84.1 cm³/mol. The number of benzene rings is 1. The number of nitrogens with one attached hydrogen (secondary N) is 3. The van der Waals surface area contributed by atoms with E-state index in [1.165, 1.54) is 0 Å². The van der Waals surface area contributed by atoms with Gasteiger partial charge in [0.25, 0.3) is 0 Å². The van der Waals surface area contributed by atoms with E-state index in [0.29, 0.717) is 16.7 Å². The van der Waals surface area contributed by atoms with Gasteiger partial charge in [0.05, 0.1) is 10.7 Å². The number of para-hydroxylation sites is 1. The van der Waals surface area contributed by atoms with Crippen molar-refractivity contribution in [2.45, 2.75) is 19.9 Å². The Morgan fingerprint density at radius 1 is 1.10 bits per heavy atom. The lowest BCUT2D eigenvalue weighted by Crippen LogP contribution is -2.34. The van der Waals surface area contributed by atoms with Gasteiger partial charge in [-0.05, 0) is 38.1 Å². The third-order valence-corrected chi connectivity index (χ3v) is 2.79. The van der Waals surface area contributed by atoms with Crippen LogP contribution in [0.1, 0.15) is 13.8 Å². The monoisotopic (exact) mass is 305 g/mol. The van der Waals surface area contributed by atoms with Crippen LogP contribution < -0.4 is 16.0 Å². The second-order valence-corrected chi connectivity index (χ2v) is 5.07. The van der Waals surface area contributed by atoms with Gasteiger partial charge in [-0.25, -0.2) is 4.79 Å². The predicted octanol–water partition coefficient (Wildman–Crippen LogP) is 3.40. The Balaban J connectivity index is 1.99. The van der Waals surface area contributed by atoms with Gasteiger partial charge in [0, 0.05) is 6.04 Å². The molecule has 21 heavy (non-hydrogen) atoms. The van der Waals surface area contributed by atoms with E-state index in [9.17, 15) is 4.79 Å². The fraction of sp³-hybridized carbons (Fsp3) is 0.214. The molecule has 0 atom stereocenters. The van der Waals surface area contributed by atoms with Crippen LogP contribution in [0.25, 0.3) is 0 Å². The molecule has 2 amide bonds. The maximum absolute atomic E-state index is 11.5. The van der Waals surface area contributed by atoms with E-state index in [1.807, 2.05) is 32.0 Å². The first-order chi connectivity index (χ1) is 10.0. The second-order valence-electron chi connectivity index (χ2n) is 4.66. The van der Waals surface area contributed by atoms with Crippen molar-refractivity contribution in [1.82, 2.24) is 15.5 Å². The molecule has 110 valence electrons. The Hall–Kier alpha value is -2.34. The van der Waals surface area contributed by atoms with Crippen molar-refractivity contribution in [3.05, 3.63) is 41.4 Å². The van der Waals surface area contributed by atoms with Gasteiger partial charge in [0.15, 0.2) is 11.6 Å². The average molecular weight is 306 g/mol. The van der Waals surface area contributed by atoms with Gasteiger partial charge < -0.3 is 10.6 Å². The summed E-state index contributed by atoms with van der Waals surface area (Å²) in [7, 11) is 0. The first-order valence-corrected chi connectivity index (χ1v) is 6.85. The maximum atomic E-state index is 11.5. The van der Waals surface area contributed by atoms with E-state index in [1.54, 1.807) is 18.2 Å². The minimum atomic E-state index is -0.314. The number of carbonyl (C=O) groups is 1. The molecule has 0 bridgehead atoms. The van der Waals surface area contributed by atoms with Crippen LogP contribution in [0.15, 0.2) is 36.4 Å². The molecule has 0 spiro atoms. The van der Waals surface area contributed by atoms with Crippen LogP contribution in [0, 0.1) is 0 Å². The van der Waals surface area contributed by atoms with Gasteiger partial charge in [0.2, 0.25) is 0 Å². The van der Waals surface area contributed by atoms with Crippen molar-refractivity contribution in [2.75, 3.05) is 10.6 Å². The Bertz CT molecular complexity index is 615. The summed E-state index contributed by atoms with van der Waals surface area (Å²) >= 11 is 6.05. The van der Waals surface area contributed by atoms with Gasteiger partial charge in [-0.3, -0.25) is 5.32 Å². The van der Waals surface area contributed by atoms with Gasteiger partial charge >= 0.3 is 6.03 Å². The molecule has 2 rings (SSSR count). The first-order valence-electron chi connectivity index (χ1n) is 6.47. The molecule has 1 heterocycles. The van der Waals surface area contributed by atoms with E-state index in [4.69, 9.17) is 11.6 Å². The summed E-state index contributed by atoms with van der Waals surface area (Å²) in [6.07, 6.45) is 0. The Morgan fingerprint density at radius 3 is 2.38 bits per heavy atom. The molecule has 2 aromatic rings. The Morgan fingerprint density at radius 2 is 1.76 bits per heavy atom. The molecular weight excluding hydrogens is 290 g/mol. The van der Waals surface area contributed by atoms with Gasteiger partial charge in [-0.1, -0.05) is 23.7 Å². The molecule has 0 aliphatic carbocycles. The molecular formula is C14H16ClN5O. The summed E-state index contributed by atoms with van der Waals surface area (Å²) in [4.78, 5) is 11.5. The summed E-state index contributed by atoms with van der Waals surface area (Å²) < 4.78 is 0. The number of halogens is 1. The van der Waals surface area contributed by atoms with Crippen molar-refractivity contribution in [3.63, 3.8) is 0 Å². The zero-order valence-corrected chi connectivity index (χ0v) is 12.5. The number of amides is 2. The highest BCUT2D eigenvalue weighted by Crippen LogP contribution is 2.23. The smallest absolute Gasteiger partial charge is 0.320 e. The number of anilines is 3. The number of hydrogen-bond acceptors (Lipinski definition) is 4. The third-order valence-electron chi connectivity index (χ3n) is 2.46. The second kappa shape index (κ2) is 6.90. The largest absolute Gasteiger partial charge is 0.338 e. The topological polar surface area (TPSA) is 78.9 Å². The minimum absolute atomic E-state index is 0.0547. The Labute approximate surface area is 127 Å². The Kier molecular flexibility index (Phi) is 4.94. The van der Waals surface area contributed by atoms with Gasteiger partial charge in [0.1, 0.15) is 0 Å². The number of carbonyl (C=O) groups excluding carboxylic acids is 1. The highest BCUT2D eigenvalue weighted by atomic mass is 35.5. The highest BCUT2D eigenvalue weighted by molar-refractivity contribution is 6.33. The molecule has 0 saturated heterocycles. The average Bonchev–Trinajstić information content (AvgIpc) is 2.42. The normalized spacial score (nSPS) is 10.3. The summed E-state index contributed by atoms with van der Waals surface area (Å²) in [6, 6.07) is 10.4. The molecule has 7 heteroatoms. The van der Waals surface area contributed by atoms with Crippen molar-refractivity contribution in [1.29, 1.82) is 0 Å². The number of hydrogen-bond donors (Lipinski definition) is 3. The maximum Gasteiger partial charge on any atom is 0.320 e. The van der Waals surface area contributed by atoms with Crippen molar-refractivity contribution >= 4 is 35.0 Å². The van der Waals surface area contributed by atoms with E-state index < -0.39 is 0 Å². The molecule has 0 radical (unpaired) electrons. The van der Waals surface area contributed by atoms with Crippen LogP contribution in [-0.2, 0) is 0 Å². The first kappa shape index (κ1) is 15.1. The number of urea groups is 1. The van der Waals surface area contributed by atoms with Crippen molar-refractivity contribution in [3.8, 4) is 0 Å². The molecule has 0 unspecified atom stereocenters. The van der Waals surface area contributed by atoms with Crippen molar-refractivity contribution in [2.24, 2.45) is 0 Å². The lowest BCUT2D eigenvalue weighted by molar-refractivity contribution is 0.250. The van der Waals surface area contributed by atoms with Crippen molar-refractivity contribution < 1.29 is 4.79 Å². The van der Waals surface area contributed by atoms with E-state index in [2.05, 4.69) is 26.1 Å². The number of aromatic nitrogens is 2. The molecule has 1 aromatic carbocycles. The molecule has 0 saturated carbocycles. The van der Waals surface area contributed by atoms with Gasteiger partial charge in [-0.15, -0.1) is 10.2 Å². The van der Waals surface area contributed by atoms with Crippen LogP contribution in [0.2, 0.25) is 5.02 Å². The summed E-state index contributed by atoms with van der Waals surface area (Å²) in [5.41, 5.74) is 0.742. The third kappa shape index (κ3) is 4.61. The van der Waals surface area contributed by atoms with E-state index in [0.717, 1.165) is 5.69 Å². The van der Waals surface area contributed by atoms with Crippen LogP contribution >= 0.6 is 11.6 Å². The highest BCUT2D eigenvalue weighted by Gasteiger charge is 2.05. The van der Waals surface area contributed by atoms with Crippen LogP contribution in [0.5, 0.6) is 0 Å². The molecule has 0 aliphatic heterocycles. The molecule has 6 nitrogen and oxygen atoms in total. The van der Waals surface area contributed by atoms with E-state index >= 15 is 0 Å². The quantitative estimate of drug-likeness (QED) is 0.809. The molecule has 3 N–H and O–H groups in total. The standard InChI is InChI=1S/C14H16ClN5O/c1-9(2)16-14(21)18-13-8-7-12(19-20-13)17-11-6-4-3-5-10(11)15/h3-9H,1-2H3,(H,17,19)(H2,16,18,20,21). The summed E-state index contributed by atoms with van der Waals surface area (Å²) in [6.45, 7) is 3.75.